The maximum absolute atomic E-state index is 10.9. The van der Waals surface area contributed by atoms with Gasteiger partial charge in [0.15, 0.2) is 0 Å². The average molecular weight is 295 g/mol. The molecule has 0 atom stereocenters. The number of nitro groups is 1. The Morgan fingerprint density at radius 2 is 2.10 bits per heavy atom. The normalized spacial score (nSPS) is 15.6. The summed E-state index contributed by atoms with van der Waals surface area (Å²) < 4.78 is 5.26. The summed E-state index contributed by atoms with van der Waals surface area (Å²) in [6, 6.07) is 3.91. The van der Waals surface area contributed by atoms with Crippen LogP contribution >= 0.6 is 0 Å². The van der Waals surface area contributed by atoms with Crippen LogP contribution in [0, 0.1) is 10.1 Å². The van der Waals surface area contributed by atoms with Gasteiger partial charge in [0, 0.05) is 11.8 Å². The molecule has 0 spiro atoms. The van der Waals surface area contributed by atoms with Crippen molar-refractivity contribution >= 4 is 17.3 Å². The van der Waals surface area contributed by atoms with Crippen molar-refractivity contribution in [3.05, 3.63) is 33.9 Å². The number of quaternary nitrogens is 1. The molecule has 1 heterocycles. The third-order valence-corrected chi connectivity index (χ3v) is 3.42. The standard InChI is InChI=1S/C13H17N3O5/c17-13(18)11-9-10(1-2-12(11)16(19)20)14-3-4-15-5-7-21-8-6-15/h1-2,9,14H,3-8H2,(H,17,18). The molecule has 0 bridgehead atoms. The number of hydrogen-bond acceptors (Lipinski definition) is 6. The Balaban J connectivity index is 1.95. The van der Waals surface area contributed by atoms with Crippen LogP contribution in [0.25, 0.3) is 0 Å². The number of ether oxygens (including phenoxy) is 1. The fraction of sp³-hybridized carbons (Fsp3) is 0.462. The van der Waals surface area contributed by atoms with E-state index in [1.54, 1.807) is 0 Å². The second-order valence-electron chi connectivity index (χ2n) is 4.82. The summed E-state index contributed by atoms with van der Waals surface area (Å²) in [5, 5.41) is 24.8. The molecule has 1 aliphatic rings. The predicted molar refractivity (Wildman–Crippen MR) is 72.3 cm³/mol. The zero-order chi connectivity index (χ0) is 15.2. The first-order chi connectivity index (χ1) is 10.1. The number of nitro benzene ring substituents is 1. The highest BCUT2D eigenvalue weighted by atomic mass is 16.6. The van der Waals surface area contributed by atoms with Crippen LogP contribution in [0.3, 0.4) is 0 Å². The van der Waals surface area contributed by atoms with Gasteiger partial charge in [-0.2, -0.15) is 0 Å². The van der Waals surface area contributed by atoms with Gasteiger partial charge in [-0.3, -0.25) is 10.1 Å². The Labute approximate surface area is 121 Å². The first-order valence-electron chi connectivity index (χ1n) is 6.73. The topological polar surface area (TPSA) is 109 Å². The van der Waals surface area contributed by atoms with Crippen molar-refractivity contribution in [3.8, 4) is 0 Å². The molecule has 1 aromatic carbocycles. The molecule has 114 valence electrons. The Bertz CT molecular complexity index is 529. The number of rotatable bonds is 6. The lowest BCUT2D eigenvalue weighted by Gasteiger charge is -2.23. The maximum atomic E-state index is 10.9. The van der Waals surface area contributed by atoms with Crippen LogP contribution in [0.2, 0.25) is 0 Å². The predicted octanol–water partition coefficient (Wildman–Crippen LogP) is -1.71. The lowest BCUT2D eigenvalue weighted by Crippen LogP contribution is -3.14. The molecule has 8 nitrogen and oxygen atoms in total. The van der Waals surface area contributed by atoms with Crippen molar-refractivity contribution < 1.29 is 24.5 Å². The maximum Gasteiger partial charge on any atom is 0.278 e. The third kappa shape index (κ3) is 4.14. The van der Waals surface area contributed by atoms with Crippen LogP contribution in [-0.4, -0.2) is 50.3 Å². The van der Waals surface area contributed by atoms with Gasteiger partial charge in [-0.25, -0.2) is 0 Å². The van der Waals surface area contributed by atoms with E-state index in [1.807, 2.05) is 0 Å². The molecule has 1 aromatic rings. The van der Waals surface area contributed by atoms with Crippen molar-refractivity contribution in [1.29, 1.82) is 0 Å². The quantitative estimate of drug-likeness (QED) is 0.477. The van der Waals surface area contributed by atoms with E-state index in [9.17, 15) is 20.0 Å². The van der Waals surface area contributed by atoms with Gasteiger partial charge in [0.2, 0.25) is 0 Å². The number of carbonyl (C=O) groups excluding carboxylic acids is 1. The monoisotopic (exact) mass is 295 g/mol. The number of benzene rings is 1. The van der Waals surface area contributed by atoms with Gasteiger partial charge in [-0.15, -0.1) is 0 Å². The van der Waals surface area contributed by atoms with Crippen molar-refractivity contribution in [2.45, 2.75) is 0 Å². The van der Waals surface area contributed by atoms with E-state index in [0.29, 0.717) is 12.2 Å². The SMILES string of the molecule is O=C([O-])c1cc(NCC[NH+]2CCOCC2)ccc1[N+](=O)[O-]. The molecular formula is C13H17N3O5. The van der Waals surface area contributed by atoms with E-state index in [0.717, 1.165) is 32.8 Å². The number of aromatic carboxylic acids is 1. The van der Waals surface area contributed by atoms with Gasteiger partial charge in [0.1, 0.15) is 13.1 Å². The molecule has 0 unspecified atom stereocenters. The Kier molecular flexibility index (Phi) is 5.07. The minimum atomic E-state index is -1.55. The van der Waals surface area contributed by atoms with E-state index < -0.39 is 22.1 Å². The Morgan fingerprint density at radius 1 is 1.38 bits per heavy atom. The summed E-state index contributed by atoms with van der Waals surface area (Å²) >= 11 is 0. The van der Waals surface area contributed by atoms with Crippen LogP contribution in [0.1, 0.15) is 10.4 Å². The van der Waals surface area contributed by atoms with Gasteiger partial charge in [-0.1, -0.05) is 0 Å². The molecule has 1 fully saturated rings. The van der Waals surface area contributed by atoms with Crippen LogP contribution in [0.5, 0.6) is 0 Å². The second-order valence-corrected chi connectivity index (χ2v) is 4.82. The van der Waals surface area contributed by atoms with Crippen molar-refractivity contribution in [2.24, 2.45) is 0 Å². The van der Waals surface area contributed by atoms with Gasteiger partial charge in [0.05, 0.1) is 42.8 Å². The highest BCUT2D eigenvalue weighted by molar-refractivity contribution is 5.92. The fourth-order valence-corrected chi connectivity index (χ4v) is 2.26. The molecule has 0 amide bonds. The fourth-order valence-electron chi connectivity index (χ4n) is 2.26. The van der Waals surface area contributed by atoms with Crippen molar-refractivity contribution in [3.63, 3.8) is 0 Å². The number of morpholine rings is 1. The molecule has 21 heavy (non-hydrogen) atoms. The van der Waals surface area contributed by atoms with Crippen LogP contribution in [0.15, 0.2) is 18.2 Å². The van der Waals surface area contributed by atoms with E-state index in [2.05, 4.69) is 5.32 Å². The largest absolute Gasteiger partial charge is 0.545 e. The number of carboxylic acid groups (broad SMARTS) is 1. The molecule has 1 aliphatic heterocycles. The number of nitrogens with one attached hydrogen (secondary N) is 2. The number of nitrogens with zero attached hydrogens (tertiary/aromatic N) is 1. The second kappa shape index (κ2) is 7.00. The third-order valence-electron chi connectivity index (χ3n) is 3.42. The molecule has 8 heteroatoms. The minimum absolute atomic E-state index is 0.413. The molecule has 2 N–H and O–H groups in total. The summed E-state index contributed by atoms with van der Waals surface area (Å²) in [6.07, 6.45) is 0. The van der Waals surface area contributed by atoms with Crippen LogP contribution in [-0.2, 0) is 4.74 Å². The van der Waals surface area contributed by atoms with Crippen LogP contribution in [0.4, 0.5) is 11.4 Å². The number of hydrogen-bond donors (Lipinski definition) is 2. The zero-order valence-electron chi connectivity index (χ0n) is 11.5. The van der Waals surface area contributed by atoms with Gasteiger partial charge in [0.25, 0.3) is 5.69 Å². The lowest BCUT2D eigenvalue weighted by molar-refractivity contribution is -0.906. The number of carbonyl (C=O) groups is 1. The zero-order valence-corrected chi connectivity index (χ0v) is 11.5. The van der Waals surface area contributed by atoms with Gasteiger partial charge >= 0.3 is 0 Å². The lowest BCUT2D eigenvalue weighted by atomic mass is 10.1. The Morgan fingerprint density at radius 3 is 2.71 bits per heavy atom. The molecule has 1 saturated heterocycles. The first-order valence-corrected chi connectivity index (χ1v) is 6.73. The molecule has 0 aromatic heterocycles. The number of carboxylic acids is 1. The van der Waals surface area contributed by atoms with Crippen LogP contribution < -0.4 is 15.3 Å². The highest BCUT2D eigenvalue weighted by Gasteiger charge is 2.16. The minimum Gasteiger partial charge on any atom is -0.545 e. The highest BCUT2D eigenvalue weighted by Crippen LogP contribution is 2.21. The summed E-state index contributed by atoms with van der Waals surface area (Å²) in [4.78, 5) is 22.4. The first kappa shape index (κ1) is 15.2. The molecule has 0 saturated carbocycles. The molecule has 0 radical (unpaired) electrons. The van der Waals surface area contributed by atoms with E-state index >= 15 is 0 Å². The van der Waals surface area contributed by atoms with Gasteiger partial charge in [-0.05, 0) is 12.1 Å². The molecule has 2 rings (SSSR count). The van der Waals surface area contributed by atoms with E-state index in [1.165, 1.54) is 23.1 Å². The summed E-state index contributed by atoms with van der Waals surface area (Å²) in [5.41, 5.74) is -0.337. The summed E-state index contributed by atoms with van der Waals surface area (Å²) in [5.74, 6) is -1.55. The summed E-state index contributed by atoms with van der Waals surface area (Å²) in [7, 11) is 0. The number of anilines is 1. The molecular weight excluding hydrogens is 278 g/mol. The van der Waals surface area contributed by atoms with E-state index in [-0.39, 0.29) is 0 Å². The smallest absolute Gasteiger partial charge is 0.278 e. The summed E-state index contributed by atoms with van der Waals surface area (Å²) in [6.45, 7) is 4.93. The van der Waals surface area contributed by atoms with Crippen molar-refractivity contribution in [2.75, 3.05) is 44.7 Å². The molecule has 0 aliphatic carbocycles. The Hall–Kier alpha value is -2.19. The van der Waals surface area contributed by atoms with E-state index in [4.69, 9.17) is 4.74 Å². The average Bonchev–Trinajstić information content (AvgIpc) is 2.48. The van der Waals surface area contributed by atoms with Crippen molar-refractivity contribution in [1.82, 2.24) is 0 Å². The van der Waals surface area contributed by atoms with Gasteiger partial charge < -0.3 is 24.9 Å².